The van der Waals surface area contributed by atoms with E-state index in [2.05, 4.69) is 9.78 Å². The predicted octanol–water partition coefficient (Wildman–Crippen LogP) is 2.17. The number of alkyl halides is 3. The number of nitrogens with two attached hydrogens (primary N) is 1. The maximum absolute atomic E-state index is 11.9. The van der Waals surface area contributed by atoms with Crippen LogP contribution in [0.25, 0.3) is 0 Å². The Morgan fingerprint density at radius 1 is 1.00 bits per heavy atom. The molecule has 0 saturated carbocycles. The van der Waals surface area contributed by atoms with E-state index >= 15 is 0 Å². The van der Waals surface area contributed by atoms with Gasteiger partial charge >= 0.3 is 18.1 Å². The SMILES string of the molecule is NCCOCCC(=O)Sc1ccc(CCC(=O)OOC(=O)C(F)(F)F)cc1. The van der Waals surface area contributed by atoms with Crippen molar-refractivity contribution < 1.29 is 42.1 Å². The van der Waals surface area contributed by atoms with Crippen molar-refractivity contribution in [3.63, 3.8) is 0 Å². The first-order chi connectivity index (χ1) is 12.7. The maximum atomic E-state index is 11.9. The zero-order chi connectivity index (χ0) is 20.3. The van der Waals surface area contributed by atoms with Crippen LogP contribution < -0.4 is 5.73 Å². The van der Waals surface area contributed by atoms with Gasteiger partial charge in [0.2, 0.25) is 0 Å². The number of benzene rings is 1. The fraction of sp³-hybridized carbons (Fsp3) is 0.438. The Labute approximate surface area is 157 Å². The number of ether oxygens (including phenoxy) is 1. The Balaban J connectivity index is 2.32. The molecular weight excluding hydrogens is 391 g/mol. The molecule has 11 heteroatoms. The lowest BCUT2D eigenvalue weighted by atomic mass is 10.1. The summed E-state index contributed by atoms with van der Waals surface area (Å²) in [5.74, 6) is -3.71. The summed E-state index contributed by atoms with van der Waals surface area (Å²) in [6.07, 6.45) is -5.11. The normalized spacial score (nSPS) is 11.1. The van der Waals surface area contributed by atoms with E-state index in [4.69, 9.17) is 10.5 Å². The highest BCUT2D eigenvalue weighted by Gasteiger charge is 2.43. The molecule has 1 aromatic rings. The largest absolute Gasteiger partial charge is 0.495 e. The summed E-state index contributed by atoms with van der Waals surface area (Å²) in [7, 11) is 0. The lowest BCUT2D eigenvalue weighted by molar-refractivity contribution is -0.285. The van der Waals surface area contributed by atoms with E-state index in [0.717, 1.165) is 11.8 Å². The Hall–Kier alpha value is -2.11. The molecule has 0 aliphatic rings. The van der Waals surface area contributed by atoms with Crippen LogP contribution in [0.5, 0.6) is 0 Å². The molecule has 0 bridgehead atoms. The monoisotopic (exact) mass is 409 g/mol. The highest BCUT2D eigenvalue weighted by atomic mass is 32.2. The number of halogens is 3. The number of rotatable bonds is 9. The van der Waals surface area contributed by atoms with Gasteiger partial charge in [-0.3, -0.25) is 4.79 Å². The summed E-state index contributed by atoms with van der Waals surface area (Å²) in [5, 5.41) is -0.0742. The van der Waals surface area contributed by atoms with Crippen LogP contribution in [0.2, 0.25) is 0 Å². The molecule has 1 rings (SSSR count). The molecule has 0 atom stereocenters. The van der Waals surface area contributed by atoms with Gasteiger partial charge in [0, 0.05) is 17.9 Å². The Morgan fingerprint density at radius 2 is 1.67 bits per heavy atom. The number of carbonyl (C=O) groups is 3. The third-order valence-corrected chi connectivity index (χ3v) is 3.87. The molecule has 7 nitrogen and oxygen atoms in total. The Kier molecular flexibility index (Phi) is 9.83. The second-order valence-electron chi connectivity index (χ2n) is 5.09. The molecule has 27 heavy (non-hydrogen) atoms. The predicted molar refractivity (Wildman–Crippen MR) is 88.4 cm³/mol. The molecule has 0 aliphatic heterocycles. The van der Waals surface area contributed by atoms with Gasteiger partial charge in [0.1, 0.15) is 0 Å². The zero-order valence-corrected chi connectivity index (χ0v) is 14.9. The van der Waals surface area contributed by atoms with Crippen molar-refractivity contribution in [3.05, 3.63) is 29.8 Å². The van der Waals surface area contributed by atoms with E-state index in [1.54, 1.807) is 24.3 Å². The van der Waals surface area contributed by atoms with Crippen LogP contribution in [0.4, 0.5) is 13.2 Å². The summed E-state index contributed by atoms with van der Waals surface area (Å²) in [6.45, 7) is 1.08. The second-order valence-corrected chi connectivity index (χ2v) is 6.22. The summed E-state index contributed by atoms with van der Waals surface area (Å²) in [5.41, 5.74) is 5.95. The van der Waals surface area contributed by atoms with Gasteiger partial charge in [-0.2, -0.15) is 13.2 Å². The minimum Gasteiger partial charge on any atom is -0.380 e. The first kappa shape index (κ1) is 22.9. The van der Waals surface area contributed by atoms with Crippen molar-refractivity contribution in [3.8, 4) is 0 Å². The van der Waals surface area contributed by atoms with Crippen molar-refractivity contribution in [1.29, 1.82) is 0 Å². The first-order valence-electron chi connectivity index (χ1n) is 7.78. The van der Waals surface area contributed by atoms with E-state index in [0.29, 0.717) is 30.2 Å². The average Bonchev–Trinajstić information content (AvgIpc) is 2.62. The number of carbonyl (C=O) groups excluding carboxylic acids is 3. The van der Waals surface area contributed by atoms with Crippen LogP contribution in [0.1, 0.15) is 18.4 Å². The fourth-order valence-corrected chi connectivity index (χ4v) is 2.39. The minimum atomic E-state index is -5.23. The van der Waals surface area contributed by atoms with Crippen molar-refractivity contribution in [1.82, 2.24) is 0 Å². The molecule has 0 heterocycles. The smallest absolute Gasteiger partial charge is 0.380 e. The molecule has 0 aromatic heterocycles. The van der Waals surface area contributed by atoms with Crippen LogP contribution >= 0.6 is 11.8 Å². The van der Waals surface area contributed by atoms with E-state index in [1.165, 1.54) is 0 Å². The van der Waals surface area contributed by atoms with Gasteiger partial charge in [-0.05, 0) is 24.1 Å². The van der Waals surface area contributed by atoms with Gasteiger partial charge in [-0.1, -0.05) is 23.9 Å². The maximum Gasteiger partial charge on any atom is 0.495 e. The van der Waals surface area contributed by atoms with E-state index in [1.807, 2.05) is 0 Å². The minimum absolute atomic E-state index is 0.0742. The number of hydrogen-bond donors (Lipinski definition) is 1. The number of thioether (sulfide) groups is 1. The zero-order valence-electron chi connectivity index (χ0n) is 14.1. The molecule has 2 N–H and O–H groups in total. The molecule has 0 amide bonds. The van der Waals surface area contributed by atoms with Crippen LogP contribution in [0, 0.1) is 0 Å². The van der Waals surface area contributed by atoms with Gasteiger partial charge in [0.05, 0.1) is 19.6 Å². The van der Waals surface area contributed by atoms with Crippen molar-refractivity contribution >= 4 is 28.8 Å². The number of hydrogen-bond acceptors (Lipinski definition) is 8. The Morgan fingerprint density at radius 3 is 2.26 bits per heavy atom. The molecular formula is C16H18F3NO6S. The molecule has 0 spiro atoms. The highest BCUT2D eigenvalue weighted by molar-refractivity contribution is 8.13. The molecule has 0 fully saturated rings. The van der Waals surface area contributed by atoms with Crippen LogP contribution in [-0.2, 0) is 35.3 Å². The Bertz CT molecular complexity index is 636. The summed E-state index contributed by atoms with van der Waals surface area (Å²) >= 11 is 1.04. The van der Waals surface area contributed by atoms with Crippen molar-refractivity contribution in [2.75, 3.05) is 19.8 Å². The van der Waals surface area contributed by atoms with Gasteiger partial charge in [-0.25, -0.2) is 19.4 Å². The van der Waals surface area contributed by atoms with E-state index < -0.39 is 18.1 Å². The topological polar surface area (TPSA) is 105 Å². The van der Waals surface area contributed by atoms with Gasteiger partial charge in [0.15, 0.2) is 5.12 Å². The molecule has 0 radical (unpaired) electrons. The van der Waals surface area contributed by atoms with E-state index in [-0.39, 0.29) is 24.4 Å². The fourth-order valence-electron chi connectivity index (χ4n) is 1.67. The van der Waals surface area contributed by atoms with Gasteiger partial charge in [-0.15, -0.1) is 0 Å². The molecule has 0 aliphatic carbocycles. The van der Waals surface area contributed by atoms with Gasteiger partial charge in [0.25, 0.3) is 0 Å². The third kappa shape index (κ3) is 9.97. The lowest BCUT2D eigenvalue weighted by Crippen LogP contribution is -2.26. The third-order valence-electron chi connectivity index (χ3n) is 2.93. The number of aryl methyl sites for hydroxylation is 1. The molecule has 1 aromatic carbocycles. The molecule has 0 saturated heterocycles. The summed E-state index contributed by atoms with van der Waals surface area (Å²) in [4.78, 5) is 41.3. The average molecular weight is 409 g/mol. The van der Waals surface area contributed by atoms with Crippen LogP contribution in [0.3, 0.4) is 0 Å². The van der Waals surface area contributed by atoms with Crippen molar-refractivity contribution in [2.24, 2.45) is 5.73 Å². The highest BCUT2D eigenvalue weighted by Crippen LogP contribution is 2.21. The van der Waals surface area contributed by atoms with E-state index in [9.17, 15) is 27.6 Å². The second kappa shape index (κ2) is 11.6. The standard InChI is InChI=1S/C16H18F3NO6S/c17-16(18,19)15(23)26-25-13(21)6-3-11-1-4-12(5-2-11)27-14(22)7-9-24-10-8-20/h1-2,4-5H,3,6-10,20H2. The first-order valence-corrected chi connectivity index (χ1v) is 8.60. The summed E-state index contributed by atoms with van der Waals surface area (Å²) in [6, 6.07) is 6.67. The lowest BCUT2D eigenvalue weighted by Gasteiger charge is -2.06. The van der Waals surface area contributed by atoms with Gasteiger partial charge < -0.3 is 10.5 Å². The van der Waals surface area contributed by atoms with Crippen LogP contribution in [0.15, 0.2) is 29.2 Å². The van der Waals surface area contributed by atoms with Crippen LogP contribution in [-0.4, -0.2) is 43.0 Å². The van der Waals surface area contributed by atoms with Crippen molar-refractivity contribution in [2.45, 2.75) is 30.3 Å². The summed E-state index contributed by atoms with van der Waals surface area (Å²) < 4.78 is 40.8. The quantitative estimate of drug-likeness (QED) is 0.286. The molecule has 150 valence electrons. The molecule has 0 unspecified atom stereocenters.